The summed E-state index contributed by atoms with van der Waals surface area (Å²) >= 11 is 1.69. The zero-order valence-electron chi connectivity index (χ0n) is 13.9. The number of benzene rings is 1. The number of nitrogens with one attached hydrogen (secondary N) is 1. The van der Waals surface area contributed by atoms with Crippen molar-refractivity contribution in [3.63, 3.8) is 0 Å². The Balaban J connectivity index is 1.86. The van der Waals surface area contributed by atoms with Crippen LogP contribution in [0.4, 0.5) is 0 Å². The zero-order valence-corrected chi connectivity index (χ0v) is 14.7. The highest BCUT2D eigenvalue weighted by molar-refractivity contribution is 7.10. The molecule has 0 saturated heterocycles. The highest BCUT2D eigenvalue weighted by atomic mass is 32.1. The molecule has 3 heterocycles. The van der Waals surface area contributed by atoms with Gasteiger partial charge in [0.15, 0.2) is 0 Å². The van der Waals surface area contributed by atoms with E-state index in [9.17, 15) is 9.90 Å². The van der Waals surface area contributed by atoms with Crippen LogP contribution in [0.2, 0.25) is 0 Å². The summed E-state index contributed by atoms with van der Waals surface area (Å²) in [6.07, 6.45) is 0.585. The molecule has 0 saturated carbocycles. The minimum absolute atomic E-state index is 0.0317. The number of rotatable bonds is 2. The van der Waals surface area contributed by atoms with Crippen molar-refractivity contribution in [2.24, 2.45) is 12.0 Å². The molecule has 0 unspecified atom stereocenters. The predicted octanol–water partition coefficient (Wildman–Crippen LogP) is 2.83. The number of fused-ring (bicyclic) bond motifs is 1. The van der Waals surface area contributed by atoms with Gasteiger partial charge in [0.1, 0.15) is 11.3 Å². The van der Waals surface area contributed by atoms with Gasteiger partial charge in [0.05, 0.1) is 17.8 Å². The number of pyridine rings is 1. The molecule has 128 valence electrons. The Morgan fingerprint density at radius 2 is 2.12 bits per heavy atom. The van der Waals surface area contributed by atoms with Gasteiger partial charge in [-0.2, -0.15) is 0 Å². The fourth-order valence-electron chi connectivity index (χ4n) is 3.37. The van der Waals surface area contributed by atoms with Gasteiger partial charge in [-0.15, -0.1) is 11.3 Å². The molecule has 5 nitrogen and oxygen atoms in total. The van der Waals surface area contributed by atoms with Crippen molar-refractivity contribution in [3.8, 4) is 5.75 Å². The third kappa shape index (κ3) is 2.77. The smallest absolute Gasteiger partial charge is 0.263 e. The Kier molecular flexibility index (Phi) is 4.15. The summed E-state index contributed by atoms with van der Waals surface area (Å²) in [5, 5.41) is 17.0. The van der Waals surface area contributed by atoms with Gasteiger partial charge in [0, 0.05) is 36.3 Å². The van der Waals surface area contributed by atoms with Gasteiger partial charge in [-0.1, -0.05) is 18.2 Å². The molecule has 0 amide bonds. The van der Waals surface area contributed by atoms with Crippen molar-refractivity contribution >= 4 is 28.0 Å². The van der Waals surface area contributed by atoms with E-state index in [1.54, 1.807) is 23.0 Å². The molecule has 1 aromatic carbocycles. The Morgan fingerprint density at radius 3 is 2.92 bits per heavy atom. The van der Waals surface area contributed by atoms with E-state index in [-0.39, 0.29) is 17.4 Å². The van der Waals surface area contributed by atoms with Crippen molar-refractivity contribution in [3.05, 3.63) is 62.6 Å². The van der Waals surface area contributed by atoms with Crippen LogP contribution in [0, 0.1) is 0 Å². The van der Waals surface area contributed by atoms with Gasteiger partial charge in [0.25, 0.3) is 5.56 Å². The number of aryl methyl sites for hydroxylation is 1. The lowest BCUT2D eigenvalue weighted by Crippen LogP contribution is -2.27. The van der Waals surface area contributed by atoms with E-state index in [2.05, 4.69) is 16.4 Å². The third-order valence-electron chi connectivity index (χ3n) is 4.65. The van der Waals surface area contributed by atoms with Gasteiger partial charge in [-0.3, -0.25) is 9.79 Å². The van der Waals surface area contributed by atoms with Gasteiger partial charge in [-0.05, 0) is 23.6 Å². The van der Waals surface area contributed by atoms with Crippen molar-refractivity contribution < 1.29 is 5.11 Å². The molecule has 0 spiro atoms. The number of thiophene rings is 1. The quantitative estimate of drug-likeness (QED) is 0.744. The first-order chi connectivity index (χ1) is 12.2. The van der Waals surface area contributed by atoms with Gasteiger partial charge < -0.3 is 15.0 Å². The summed E-state index contributed by atoms with van der Waals surface area (Å²) in [5.74, 6) is 0.0317. The largest absolute Gasteiger partial charge is 0.506 e. The van der Waals surface area contributed by atoms with Crippen LogP contribution in [-0.4, -0.2) is 28.5 Å². The van der Waals surface area contributed by atoms with Crippen molar-refractivity contribution in [2.75, 3.05) is 13.1 Å². The molecule has 1 atom stereocenters. The molecule has 3 aromatic rings. The van der Waals surface area contributed by atoms with Crippen molar-refractivity contribution in [1.29, 1.82) is 0 Å². The molecule has 0 aliphatic carbocycles. The number of hydrogen-bond donors (Lipinski definition) is 2. The molecule has 4 rings (SSSR count). The molecular formula is C19H19N3O2S. The SMILES string of the molecule is Cn1c(=O)c(C2=NCCN[C@@H](c3cccs3)C2)c(O)c2ccccc21. The third-order valence-corrected chi connectivity index (χ3v) is 5.64. The number of aliphatic imine (C=N–C) groups is 1. The molecule has 2 aromatic heterocycles. The molecule has 25 heavy (non-hydrogen) atoms. The van der Waals surface area contributed by atoms with E-state index in [0.717, 1.165) is 12.1 Å². The van der Waals surface area contributed by atoms with Crippen LogP contribution >= 0.6 is 11.3 Å². The standard InChI is InChI=1S/C19H19N3O2S/c1-22-15-6-3-2-5-12(15)18(23)17(19(22)24)14-11-13(20-8-9-21-14)16-7-4-10-25-16/h2-7,10,13,20,23H,8-9,11H2,1H3/t13-/m1/s1. The van der Waals surface area contributed by atoms with Crippen molar-refractivity contribution in [2.45, 2.75) is 12.5 Å². The Hall–Kier alpha value is -2.44. The minimum Gasteiger partial charge on any atom is -0.506 e. The summed E-state index contributed by atoms with van der Waals surface area (Å²) in [5.41, 5.74) is 1.51. The summed E-state index contributed by atoms with van der Waals surface area (Å²) in [6, 6.07) is 11.6. The molecule has 2 N–H and O–H groups in total. The van der Waals surface area contributed by atoms with Gasteiger partial charge in [0.2, 0.25) is 0 Å². The lowest BCUT2D eigenvalue weighted by Gasteiger charge is -2.17. The van der Waals surface area contributed by atoms with Crippen LogP contribution in [0.25, 0.3) is 10.9 Å². The van der Waals surface area contributed by atoms with E-state index in [1.165, 1.54) is 4.88 Å². The van der Waals surface area contributed by atoms with E-state index in [1.807, 2.05) is 35.7 Å². The van der Waals surface area contributed by atoms with Crippen LogP contribution in [0.5, 0.6) is 5.75 Å². The average molecular weight is 353 g/mol. The van der Waals surface area contributed by atoms with E-state index in [0.29, 0.717) is 29.6 Å². The lowest BCUT2D eigenvalue weighted by atomic mass is 10.00. The maximum Gasteiger partial charge on any atom is 0.263 e. The van der Waals surface area contributed by atoms with E-state index < -0.39 is 0 Å². The topological polar surface area (TPSA) is 66.6 Å². The Morgan fingerprint density at radius 1 is 1.28 bits per heavy atom. The molecule has 0 bridgehead atoms. The summed E-state index contributed by atoms with van der Waals surface area (Å²) in [7, 11) is 1.74. The summed E-state index contributed by atoms with van der Waals surface area (Å²) in [6.45, 7) is 1.34. The fourth-order valence-corrected chi connectivity index (χ4v) is 4.17. The maximum absolute atomic E-state index is 12.9. The molecule has 1 aliphatic heterocycles. The number of nitrogens with zero attached hydrogens (tertiary/aromatic N) is 2. The van der Waals surface area contributed by atoms with Crippen LogP contribution in [0.3, 0.4) is 0 Å². The van der Waals surface area contributed by atoms with Gasteiger partial charge in [-0.25, -0.2) is 0 Å². The van der Waals surface area contributed by atoms with Gasteiger partial charge >= 0.3 is 0 Å². The van der Waals surface area contributed by atoms with Crippen molar-refractivity contribution in [1.82, 2.24) is 9.88 Å². The Bertz CT molecular complexity index is 1010. The molecule has 0 fully saturated rings. The average Bonchev–Trinajstić information content (AvgIpc) is 3.06. The second kappa shape index (κ2) is 6.46. The molecule has 0 radical (unpaired) electrons. The second-order valence-corrected chi connectivity index (χ2v) is 7.14. The normalized spacial score (nSPS) is 18.1. The zero-order chi connectivity index (χ0) is 17.4. The number of aromatic nitrogens is 1. The monoisotopic (exact) mass is 353 g/mol. The first kappa shape index (κ1) is 16.1. The first-order valence-corrected chi connectivity index (χ1v) is 9.16. The number of para-hydroxylation sites is 1. The van der Waals surface area contributed by atoms with E-state index in [4.69, 9.17) is 0 Å². The minimum atomic E-state index is -0.207. The van der Waals surface area contributed by atoms with Crippen LogP contribution in [0.15, 0.2) is 51.6 Å². The van der Waals surface area contributed by atoms with E-state index >= 15 is 0 Å². The molecule has 6 heteroatoms. The Labute approximate surface area is 149 Å². The molecule has 1 aliphatic rings. The molecular weight excluding hydrogens is 334 g/mol. The summed E-state index contributed by atoms with van der Waals surface area (Å²) < 4.78 is 1.59. The first-order valence-electron chi connectivity index (χ1n) is 8.28. The van der Waals surface area contributed by atoms with Crippen LogP contribution in [0.1, 0.15) is 22.9 Å². The summed E-state index contributed by atoms with van der Waals surface area (Å²) in [4.78, 5) is 18.7. The number of aromatic hydroxyl groups is 1. The highest BCUT2D eigenvalue weighted by Crippen LogP contribution is 2.30. The second-order valence-electron chi connectivity index (χ2n) is 6.16. The number of hydrogen-bond acceptors (Lipinski definition) is 5. The predicted molar refractivity (Wildman–Crippen MR) is 102 cm³/mol. The van der Waals surface area contributed by atoms with Crippen LogP contribution in [-0.2, 0) is 7.05 Å². The lowest BCUT2D eigenvalue weighted by molar-refractivity contribution is 0.477. The maximum atomic E-state index is 12.9. The van der Waals surface area contributed by atoms with Crippen LogP contribution < -0.4 is 10.9 Å². The highest BCUT2D eigenvalue weighted by Gasteiger charge is 2.24. The fraction of sp³-hybridized carbons (Fsp3) is 0.263.